The standard InChI is InChI=1S/C15H5Cl2N5O3/c16-5-3-1-2-4-6(5)14(24)8-7(13(4)23)9(15(18)25)11(21-19)12(22-20)10(8)17/h1-3H,(H2,18,25). The zero-order valence-corrected chi connectivity index (χ0v) is 13.6. The van der Waals surface area contributed by atoms with Crippen molar-refractivity contribution in [3.05, 3.63) is 76.0 Å². The summed E-state index contributed by atoms with van der Waals surface area (Å²) in [6.07, 6.45) is 0. The minimum atomic E-state index is -1.17. The van der Waals surface area contributed by atoms with Crippen LogP contribution in [0.2, 0.25) is 10.0 Å². The zero-order chi connectivity index (χ0) is 18.5. The molecule has 25 heavy (non-hydrogen) atoms. The molecule has 0 spiro atoms. The number of nitrogens with two attached hydrogens (primary N) is 1. The first-order chi connectivity index (χ1) is 11.8. The second kappa shape index (κ2) is 5.73. The van der Waals surface area contributed by atoms with Crippen LogP contribution in [0.5, 0.6) is 0 Å². The average Bonchev–Trinajstić information content (AvgIpc) is 2.57. The molecule has 0 unspecified atom stereocenters. The van der Waals surface area contributed by atoms with Crippen molar-refractivity contribution in [2.45, 2.75) is 0 Å². The summed E-state index contributed by atoms with van der Waals surface area (Å²) < 4.78 is 0. The Bertz CT molecular complexity index is 1340. The fourth-order valence-electron chi connectivity index (χ4n) is 2.77. The highest BCUT2D eigenvalue weighted by atomic mass is 35.5. The molecule has 1 aromatic carbocycles. The Balaban J connectivity index is 2.98. The third kappa shape index (κ3) is 2.14. The largest absolute Gasteiger partial charge is 0.423 e. The van der Waals surface area contributed by atoms with Gasteiger partial charge in [0.1, 0.15) is 5.56 Å². The molecule has 0 heterocycles. The SMILES string of the molecule is [N-]=[N+]=c1c(Cl)c2c(=O)c3c(Cl)cccc3c(=O)c-2c(C(N)=O)c1=[N+]=[N-]. The number of hydrogen-bond acceptors (Lipinski definition) is 3. The van der Waals surface area contributed by atoms with Gasteiger partial charge in [-0.25, -0.2) is 0 Å². The first kappa shape index (κ1) is 16.7. The highest BCUT2D eigenvalue weighted by Crippen LogP contribution is 2.27. The molecule has 0 atom stereocenters. The van der Waals surface area contributed by atoms with Gasteiger partial charge in [-0.2, -0.15) is 9.58 Å². The molecule has 2 aliphatic carbocycles. The zero-order valence-electron chi connectivity index (χ0n) is 12.1. The van der Waals surface area contributed by atoms with E-state index < -0.39 is 49.2 Å². The van der Waals surface area contributed by atoms with Crippen molar-refractivity contribution in [2.24, 2.45) is 5.73 Å². The van der Waals surface area contributed by atoms with Gasteiger partial charge in [-0.3, -0.25) is 14.4 Å². The minimum absolute atomic E-state index is 0.0107. The fraction of sp³-hybridized carbons (Fsp3) is 0. The van der Waals surface area contributed by atoms with E-state index in [4.69, 9.17) is 40.0 Å². The number of fused-ring (bicyclic) bond motifs is 2. The van der Waals surface area contributed by atoms with Crippen LogP contribution in [-0.2, 0) is 0 Å². The Morgan fingerprint density at radius 2 is 1.64 bits per heavy atom. The monoisotopic (exact) mass is 373 g/mol. The van der Waals surface area contributed by atoms with E-state index in [2.05, 4.69) is 9.58 Å². The van der Waals surface area contributed by atoms with Crippen LogP contribution >= 0.6 is 23.2 Å². The van der Waals surface area contributed by atoms with E-state index in [1.807, 2.05) is 0 Å². The van der Waals surface area contributed by atoms with Crippen molar-refractivity contribution in [1.29, 1.82) is 0 Å². The second-order valence-corrected chi connectivity index (χ2v) is 5.81. The van der Waals surface area contributed by atoms with Crippen molar-refractivity contribution in [3.8, 4) is 11.1 Å². The average molecular weight is 374 g/mol. The van der Waals surface area contributed by atoms with E-state index in [9.17, 15) is 14.4 Å². The van der Waals surface area contributed by atoms with Crippen LogP contribution in [0.15, 0.2) is 27.8 Å². The van der Waals surface area contributed by atoms with Crippen molar-refractivity contribution in [3.63, 3.8) is 0 Å². The van der Waals surface area contributed by atoms with Gasteiger partial charge in [-0.15, -0.1) is 0 Å². The van der Waals surface area contributed by atoms with E-state index >= 15 is 0 Å². The Labute approximate surface area is 147 Å². The van der Waals surface area contributed by atoms with E-state index in [1.165, 1.54) is 18.2 Å². The summed E-state index contributed by atoms with van der Waals surface area (Å²) in [6.45, 7) is 0. The third-order valence-electron chi connectivity index (χ3n) is 3.77. The molecule has 1 amide bonds. The molecule has 0 aliphatic heterocycles. The summed E-state index contributed by atoms with van der Waals surface area (Å²) >= 11 is 12.1. The molecule has 1 aromatic rings. The number of nitrogens with zero attached hydrogens (tertiary/aromatic N) is 4. The summed E-state index contributed by atoms with van der Waals surface area (Å²) in [5.41, 5.74) is 20.7. The van der Waals surface area contributed by atoms with Crippen molar-refractivity contribution >= 4 is 39.9 Å². The molecule has 122 valence electrons. The van der Waals surface area contributed by atoms with Gasteiger partial charge in [0.15, 0.2) is 15.9 Å². The first-order valence-electron chi connectivity index (χ1n) is 6.62. The number of halogens is 2. The quantitative estimate of drug-likeness (QED) is 0.368. The lowest BCUT2D eigenvalue weighted by molar-refractivity contribution is -0.109. The number of carbonyl (C=O) groups excluding carboxylic acids is 1. The van der Waals surface area contributed by atoms with Gasteiger partial charge < -0.3 is 16.8 Å². The minimum Gasteiger partial charge on any atom is -0.365 e. The topological polar surface area (TPSA) is 150 Å². The van der Waals surface area contributed by atoms with Crippen molar-refractivity contribution in [1.82, 2.24) is 0 Å². The van der Waals surface area contributed by atoms with Gasteiger partial charge in [0, 0.05) is 5.39 Å². The molecule has 0 saturated carbocycles. The van der Waals surface area contributed by atoms with E-state index in [-0.39, 0.29) is 15.8 Å². The Morgan fingerprint density at radius 3 is 2.20 bits per heavy atom. The van der Waals surface area contributed by atoms with Crippen LogP contribution in [0.25, 0.3) is 33.0 Å². The Hall–Kier alpha value is -3.15. The van der Waals surface area contributed by atoms with Crippen LogP contribution < -0.4 is 27.3 Å². The van der Waals surface area contributed by atoms with Gasteiger partial charge in [0.25, 0.3) is 5.91 Å². The highest BCUT2D eigenvalue weighted by Gasteiger charge is 2.34. The number of amides is 1. The lowest BCUT2D eigenvalue weighted by Gasteiger charge is -2.09. The van der Waals surface area contributed by atoms with Crippen LogP contribution in [0.4, 0.5) is 0 Å². The molecule has 3 rings (SSSR count). The molecule has 0 radical (unpaired) electrons. The first-order valence-corrected chi connectivity index (χ1v) is 7.38. The Kier molecular flexibility index (Phi) is 3.83. The third-order valence-corrected chi connectivity index (χ3v) is 4.46. The number of carbonyl (C=O) groups is 1. The van der Waals surface area contributed by atoms with Gasteiger partial charge in [-0.1, -0.05) is 35.3 Å². The maximum Gasteiger partial charge on any atom is 0.423 e. The smallest absolute Gasteiger partial charge is 0.365 e. The number of rotatable bonds is 1. The lowest BCUT2D eigenvalue weighted by atomic mass is 9.91. The maximum atomic E-state index is 12.9. The maximum absolute atomic E-state index is 12.9. The molecule has 0 aromatic heterocycles. The predicted molar refractivity (Wildman–Crippen MR) is 87.5 cm³/mol. The molecule has 0 bridgehead atoms. The molecule has 2 aliphatic rings. The van der Waals surface area contributed by atoms with Crippen LogP contribution in [-0.4, -0.2) is 15.5 Å². The summed E-state index contributed by atoms with van der Waals surface area (Å²) in [7, 11) is 0. The van der Waals surface area contributed by atoms with Crippen LogP contribution in [0.1, 0.15) is 10.4 Å². The van der Waals surface area contributed by atoms with Crippen molar-refractivity contribution in [2.75, 3.05) is 0 Å². The van der Waals surface area contributed by atoms with Crippen molar-refractivity contribution < 1.29 is 14.4 Å². The van der Waals surface area contributed by atoms with Gasteiger partial charge in [0.05, 0.1) is 21.5 Å². The van der Waals surface area contributed by atoms with E-state index in [0.717, 1.165) is 0 Å². The molecule has 10 heteroatoms. The normalized spacial score (nSPS) is 10.6. The number of benzene rings is 3. The van der Waals surface area contributed by atoms with Crippen LogP contribution in [0.3, 0.4) is 0 Å². The van der Waals surface area contributed by atoms with Crippen LogP contribution in [0, 0.1) is 0 Å². The molecule has 0 fully saturated rings. The molecular weight excluding hydrogens is 369 g/mol. The predicted octanol–water partition coefficient (Wildman–Crippen LogP) is 0.207. The summed E-state index contributed by atoms with van der Waals surface area (Å²) in [6, 6.07) is 4.22. The summed E-state index contributed by atoms with van der Waals surface area (Å²) in [4.78, 5) is 43.2. The van der Waals surface area contributed by atoms with E-state index in [1.54, 1.807) is 0 Å². The molecule has 0 saturated heterocycles. The van der Waals surface area contributed by atoms with Gasteiger partial charge in [-0.05, 0) is 6.07 Å². The molecular formula is C15H5Cl2N5O3. The Morgan fingerprint density at radius 1 is 1.00 bits per heavy atom. The summed E-state index contributed by atoms with van der Waals surface area (Å²) in [5.74, 6) is -1.17. The summed E-state index contributed by atoms with van der Waals surface area (Å²) in [5, 5.41) is -1.81. The van der Waals surface area contributed by atoms with Gasteiger partial charge in [0.2, 0.25) is 0 Å². The number of hydrogen-bond donors (Lipinski definition) is 1. The fourth-order valence-corrected chi connectivity index (χ4v) is 3.33. The highest BCUT2D eigenvalue weighted by molar-refractivity contribution is 6.36. The lowest BCUT2D eigenvalue weighted by Crippen LogP contribution is -2.41. The molecule has 2 N–H and O–H groups in total. The molecule has 8 nitrogen and oxygen atoms in total. The van der Waals surface area contributed by atoms with Gasteiger partial charge >= 0.3 is 10.7 Å². The number of primary amides is 1. The van der Waals surface area contributed by atoms with E-state index in [0.29, 0.717) is 0 Å². The second-order valence-electron chi connectivity index (χ2n) is 5.02.